The fourth-order valence-electron chi connectivity index (χ4n) is 4.76. The number of methoxy groups -OCH3 is 1. The molecule has 2 aliphatic rings. The first kappa shape index (κ1) is 29.5. The highest BCUT2D eigenvalue weighted by Crippen LogP contribution is 2.30. The predicted molar refractivity (Wildman–Crippen MR) is 136 cm³/mol. The van der Waals surface area contributed by atoms with Crippen LogP contribution in [0.3, 0.4) is 0 Å². The van der Waals surface area contributed by atoms with E-state index in [0.29, 0.717) is 0 Å². The molecule has 2 aromatic carbocycles. The quantitative estimate of drug-likeness (QED) is 0.179. The highest BCUT2D eigenvalue weighted by atomic mass is 16.7. The van der Waals surface area contributed by atoms with Gasteiger partial charge in [-0.2, -0.15) is 0 Å². The van der Waals surface area contributed by atoms with Gasteiger partial charge in [0.15, 0.2) is 12.1 Å². The number of hydrogen-bond acceptors (Lipinski definition) is 12. The summed E-state index contributed by atoms with van der Waals surface area (Å²) in [6.07, 6.45) is -12.4. The maximum absolute atomic E-state index is 12.7. The highest BCUT2D eigenvalue weighted by molar-refractivity contribution is 5.95. The van der Waals surface area contributed by atoms with Crippen LogP contribution in [-0.4, -0.2) is 123 Å². The van der Waals surface area contributed by atoms with E-state index in [0.717, 1.165) is 22.1 Å². The van der Waals surface area contributed by atoms with Crippen molar-refractivity contribution in [2.75, 3.05) is 20.3 Å². The van der Waals surface area contributed by atoms with Crippen LogP contribution in [0.4, 0.5) is 0 Å². The molecule has 2 aliphatic heterocycles. The normalized spacial score (nSPS) is 35.4. The zero-order valence-corrected chi connectivity index (χ0v) is 21.2. The van der Waals surface area contributed by atoms with Gasteiger partial charge in [-0.1, -0.05) is 24.3 Å². The Hall–Kier alpha value is -2.49. The molecule has 10 atom stereocenters. The molecule has 214 valence electrons. The molecule has 2 fully saturated rings. The van der Waals surface area contributed by atoms with Crippen LogP contribution in [0.2, 0.25) is 0 Å². The monoisotopic (exact) mass is 550 g/mol. The van der Waals surface area contributed by atoms with E-state index >= 15 is 0 Å². The predicted octanol–water partition coefficient (Wildman–Crippen LogP) is -1.51. The van der Waals surface area contributed by atoms with Crippen LogP contribution in [0.15, 0.2) is 42.5 Å². The lowest BCUT2D eigenvalue weighted by molar-refractivity contribution is -0.341. The molecule has 0 aromatic heterocycles. The molecule has 2 heterocycles. The number of fused-ring (bicyclic) bond motifs is 1. The van der Waals surface area contributed by atoms with E-state index in [2.05, 4.69) is 0 Å². The Kier molecular flexibility index (Phi) is 9.67. The highest BCUT2D eigenvalue weighted by Gasteiger charge is 2.50. The molecule has 0 spiro atoms. The average molecular weight is 551 g/mol. The Morgan fingerprint density at radius 3 is 2.18 bits per heavy atom. The summed E-state index contributed by atoms with van der Waals surface area (Å²) in [6, 6.07) is 11.3. The second kappa shape index (κ2) is 12.8. The summed E-state index contributed by atoms with van der Waals surface area (Å²) in [7, 11) is 1.59. The van der Waals surface area contributed by atoms with Gasteiger partial charge in [-0.15, -0.1) is 0 Å². The molecule has 2 aromatic rings. The lowest BCUT2D eigenvalue weighted by Gasteiger charge is -2.46. The Labute approximate surface area is 224 Å². The van der Waals surface area contributed by atoms with Gasteiger partial charge in [0, 0.05) is 6.42 Å². The van der Waals surface area contributed by atoms with Crippen molar-refractivity contribution in [1.29, 1.82) is 0 Å². The molecule has 12 heteroatoms. The summed E-state index contributed by atoms with van der Waals surface area (Å²) in [6.45, 7) is -1.36. The number of allylic oxidation sites excluding steroid dienone is 1. The van der Waals surface area contributed by atoms with Gasteiger partial charge >= 0.3 is 0 Å². The van der Waals surface area contributed by atoms with E-state index in [1.165, 1.54) is 6.08 Å². The molecular formula is C27H34O12. The van der Waals surface area contributed by atoms with Crippen LogP contribution in [0.25, 0.3) is 16.8 Å². The van der Waals surface area contributed by atoms with Crippen LogP contribution in [-0.2, 0) is 19.0 Å². The molecule has 12 nitrogen and oxygen atoms in total. The summed E-state index contributed by atoms with van der Waals surface area (Å²) in [5.41, 5.74) is 0.771. The van der Waals surface area contributed by atoms with Gasteiger partial charge in [0.1, 0.15) is 54.6 Å². The number of benzene rings is 2. The zero-order chi connectivity index (χ0) is 28.3. The molecule has 2 saturated heterocycles. The van der Waals surface area contributed by atoms with Gasteiger partial charge in [0.05, 0.1) is 26.4 Å². The Bertz CT molecular complexity index is 1150. The fraction of sp³-hybridized carbons (Fsp3) is 0.519. The van der Waals surface area contributed by atoms with Gasteiger partial charge in [-0.05, 0) is 40.6 Å². The van der Waals surface area contributed by atoms with E-state index in [9.17, 15) is 40.5 Å². The van der Waals surface area contributed by atoms with Crippen LogP contribution >= 0.6 is 0 Å². The van der Waals surface area contributed by atoms with Gasteiger partial charge < -0.3 is 54.7 Å². The van der Waals surface area contributed by atoms with Crippen molar-refractivity contribution in [2.45, 2.75) is 67.6 Å². The van der Waals surface area contributed by atoms with Crippen LogP contribution in [0.1, 0.15) is 12.0 Å². The summed E-state index contributed by atoms with van der Waals surface area (Å²) in [4.78, 5) is 12.7. The molecule has 0 aliphatic carbocycles. The zero-order valence-electron chi connectivity index (χ0n) is 21.2. The number of ether oxygens (including phenoxy) is 4. The minimum atomic E-state index is -1.76. The summed E-state index contributed by atoms with van der Waals surface area (Å²) in [5, 5.41) is 72.6. The number of hydrogen-bond donors (Lipinski definition) is 7. The molecule has 0 radical (unpaired) electrons. The smallest absolute Gasteiger partial charge is 0.187 e. The van der Waals surface area contributed by atoms with Crippen molar-refractivity contribution in [1.82, 2.24) is 0 Å². The first-order chi connectivity index (χ1) is 18.7. The van der Waals surface area contributed by atoms with Crippen molar-refractivity contribution in [3.63, 3.8) is 0 Å². The SMILES string of the molecule is COc1ccc2cc(/C=C/C(=O)C[C@@H]3O[C@H](CO)[C@@H](O[C@H]4O[C@H](CO)[C@@H](O)[C@H](O)[C@H]4O)[C@H](O)[C@H]3O)ccc2c1. The topological polar surface area (TPSA) is 196 Å². The second-order valence-corrected chi connectivity index (χ2v) is 9.65. The lowest BCUT2D eigenvalue weighted by Crippen LogP contribution is -2.64. The molecule has 7 N–H and O–H groups in total. The van der Waals surface area contributed by atoms with Gasteiger partial charge in [-0.25, -0.2) is 0 Å². The maximum Gasteiger partial charge on any atom is 0.187 e. The summed E-state index contributed by atoms with van der Waals surface area (Å²) in [5.74, 6) is 0.335. The molecular weight excluding hydrogens is 516 g/mol. The van der Waals surface area contributed by atoms with Gasteiger partial charge in [0.2, 0.25) is 0 Å². The third kappa shape index (κ3) is 6.47. The van der Waals surface area contributed by atoms with E-state index < -0.39 is 80.2 Å². The number of carbonyl (C=O) groups excluding carboxylic acids is 1. The fourth-order valence-corrected chi connectivity index (χ4v) is 4.76. The van der Waals surface area contributed by atoms with Gasteiger partial charge in [0.25, 0.3) is 0 Å². The van der Waals surface area contributed by atoms with Crippen LogP contribution < -0.4 is 4.74 Å². The molecule has 0 saturated carbocycles. The number of ketones is 1. The van der Waals surface area contributed by atoms with Crippen molar-refractivity contribution in [2.24, 2.45) is 0 Å². The number of aliphatic hydroxyl groups excluding tert-OH is 7. The second-order valence-electron chi connectivity index (χ2n) is 9.65. The Balaban J connectivity index is 1.39. The lowest BCUT2D eigenvalue weighted by atomic mass is 9.92. The molecule has 0 unspecified atom stereocenters. The van der Waals surface area contributed by atoms with Crippen molar-refractivity contribution < 1.29 is 59.5 Å². The number of rotatable bonds is 9. The minimum Gasteiger partial charge on any atom is -0.497 e. The Morgan fingerprint density at radius 1 is 0.821 bits per heavy atom. The first-order valence-electron chi connectivity index (χ1n) is 12.5. The minimum absolute atomic E-state index is 0.303. The molecule has 0 bridgehead atoms. The third-order valence-electron chi connectivity index (χ3n) is 7.04. The molecule has 39 heavy (non-hydrogen) atoms. The molecule has 4 rings (SSSR count). The van der Waals surface area contributed by atoms with Gasteiger partial charge in [-0.3, -0.25) is 4.79 Å². The van der Waals surface area contributed by atoms with E-state index in [4.69, 9.17) is 18.9 Å². The van der Waals surface area contributed by atoms with Crippen LogP contribution in [0, 0.1) is 0 Å². The van der Waals surface area contributed by atoms with Crippen LogP contribution in [0.5, 0.6) is 5.75 Å². The molecule has 0 amide bonds. The number of aliphatic hydroxyl groups is 7. The third-order valence-corrected chi connectivity index (χ3v) is 7.04. The standard InChI is InChI=1S/C27H34O12/c1-36-17-7-5-14-8-13(2-4-15(14)9-17)3-6-16(30)10-18-21(31)24(34)26(20(12-29)37-18)39-27-25(35)23(33)22(32)19(11-28)38-27/h2-9,18-29,31-35H,10-12H2,1H3/b6-3+/t18-,19+,20+,21-,22+,23-,24+,25+,26+,27+/m0/s1. The number of carbonyl (C=O) groups is 1. The van der Waals surface area contributed by atoms with Crippen molar-refractivity contribution in [3.05, 3.63) is 48.0 Å². The van der Waals surface area contributed by atoms with Crippen molar-refractivity contribution in [3.8, 4) is 5.75 Å². The van der Waals surface area contributed by atoms with Crippen molar-refractivity contribution >= 4 is 22.6 Å². The van der Waals surface area contributed by atoms with E-state index in [1.54, 1.807) is 13.2 Å². The first-order valence-corrected chi connectivity index (χ1v) is 12.5. The maximum atomic E-state index is 12.7. The average Bonchev–Trinajstić information content (AvgIpc) is 2.95. The summed E-state index contributed by atoms with van der Waals surface area (Å²) >= 11 is 0. The summed E-state index contributed by atoms with van der Waals surface area (Å²) < 4.78 is 21.7. The Morgan fingerprint density at radius 2 is 1.49 bits per heavy atom. The largest absolute Gasteiger partial charge is 0.497 e. The van der Waals surface area contributed by atoms with E-state index in [1.807, 2.05) is 36.4 Å². The van der Waals surface area contributed by atoms with E-state index in [-0.39, 0.29) is 6.42 Å².